The SMILES string of the molecule is CCOC(=O)C(C#N)(CC(Cl)CCl)NC(C)=O. The predicted octanol–water partition coefficient (Wildman–Crippen LogP) is 1.18. The highest BCUT2D eigenvalue weighted by molar-refractivity contribution is 6.28. The molecule has 0 radical (unpaired) electrons. The monoisotopic (exact) mass is 280 g/mol. The van der Waals surface area contributed by atoms with Crippen LogP contribution in [-0.2, 0) is 14.3 Å². The molecule has 2 unspecified atom stereocenters. The summed E-state index contributed by atoms with van der Waals surface area (Å²) in [6.07, 6.45) is -0.104. The maximum absolute atomic E-state index is 11.7. The number of nitriles is 1. The first-order valence-electron chi connectivity index (χ1n) is 4.99. The van der Waals surface area contributed by atoms with Crippen molar-refractivity contribution < 1.29 is 14.3 Å². The van der Waals surface area contributed by atoms with Crippen LogP contribution in [0.2, 0.25) is 0 Å². The lowest BCUT2D eigenvalue weighted by Gasteiger charge is -2.26. The molecule has 0 aliphatic carbocycles. The first kappa shape index (κ1) is 16.0. The van der Waals surface area contributed by atoms with E-state index >= 15 is 0 Å². The summed E-state index contributed by atoms with van der Waals surface area (Å²) in [7, 11) is 0. The van der Waals surface area contributed by atoms with Gasteiger partial charge in [-0.1, -0.05) is 0 Å². The van der Waals surface area contributed by atoms with Gasteiger partial charge in [-0.2, -0.15) is 5.26 Å². The Morgan fingerprint density at radius 1 is 1.59 bits per heavy atom. The average molecular weight is 281 g/mol. The van der Waals surface area contributed by atoms with E-state index in [1.165, 1.54) is 6.92 Å². The second-order valence-electron chi connectivity index (χ2n) is 3.37. The summed E-state index contributed by atoms with van der Waals surface area (Å²) < 4.78 is 4.77. The minimum absolute atomic E-state index is 0.0595. The molecule has 0 rings (SSSR count). The number of nitrogens with zero attached hydrogens (tertiary/aromatic N) is 1. The Hall–Kier alpha value is -0.990. The molecule has 7 heteroatoms. The van der Waals surface area contributed by atoms with E-state index in [4.69, 9.17) is 33.2 Å². The van der Waals surface area contributed by atoms with Crippen LogP contribution in [0.4, 0.5) is 0 Å². The van der Waals surface area contributed by atoms with E-state index < -0.39 is 22.8 Å². The van der Waals surface area contributed by atoms with Gasteiger partial charge >= 0.3 is 5.97 Å². The second-order valence-corrected chi connectivity index (χ2v) is 4.30. The maximum Gasteiger partial charge on any atom is 0.346 e. The summed E-state index contributed by atoms with van der Waals surface area (Å²) in [5.41, 5.74) is -1.77. The van der Waals surface area contributed by atoms with Crippen molar-refractivity contribution in [3.8, 4) is 6.07 Å². The molecule has 0 heterocycles. The molecule has 1 amide bonds. The summed E-state index contributed by atoms with van der Waals surface area (Å²) in [5.74, 6) is -1.28. The fraction of sp³-hybridized carbons (Fsp3) is 0.700. The van der Waals surface area contributed by atoms with Crippen LogP contribution in [0.15, 0.2) is 0 Å². The molecule has 0 fully saturated rings. The number of amides is 1. The number of hydrogen-bond donors (Lipinski definition) is 1. The van der Waals surface area contributed by atoms with Gasteiger partial charge in [0.2, 0.25) is 11.4 Å². The van der Waals surface area contributed by atoms with Gasteiger partial charge in [-0.25, -0.2) is 4.79 Å². The normalized spacial score (nSPS) is 15.2. The lowest BCUT2D eigenvalue weighted by molar-refractivity contribution is -0.150. The van der Waals surface area contributed by atoms with Crippen LogP contribution in [-0.4, -0.2) is 35.3 Å². The Kier molecular flexibility index (Phi) is 6.93. The van der Waals surface area contributed by atoms with Gasteiger partial charge < -0.3 is 10.1 Å². The highest BCUT2D eigenvalue weighted by Gasteiger charge is 2.43. The molecule has 0 saturated carbocycles. The number of alkyl halides is 2. The molecule has 1 N–H and O–H groups in total. The number of halogens is 2. The maximum atomic E-state index is 11.7. The van der Waals surface area contributed by atoms with Gasteiger partial charge in [0, 0.05) is 19.2 Å². The third kappa shape index (κ3) is 4.80. The van der Waals surface area contributed by atoms with Crippen molar-refractivity contribution in [1.82, 2.24) is 5.32 Å². The van der Waals surface area contributed by atoms with E-state index in [-0.39, 0.29) is 18.9 Å². The fourth-order valence-electron chi connectivity index (χ4n) is 1.25. The number of nitrogens with one attached hydrogen (secondary N) is 1. The minimum Gasteiger partial charge on any atom is -0.463 e. The van der Waals surface area contributed by atoms with Gasteiger partial charge in [-0.05, 0) is 6.92 Å². The van der Waals surface area contributed by atoms with Crippen LogP contribution in [0.5, 0.6) is 0 Å². The lowest BCUT2D eigenvalue weighted by Crippen LogP contribution is -2.55. The summed E-state index contributed by atoms with van der Waals surface area (Å²) in [6, 6.07) is 1.75. The molecule has 2 atom stereocenters. The molecule has 0 aromatic heterocycles. The first-order valence-corrected chi connectivity index (χ1v) is 5.96. The molecule has 5 nitrogen and oxygen atoms in total. The van der Waals surface area contributed by atoms with E-state index in [1.807, 2.05) is 0 Å². The molecule has 17 heavy (non-hydrogen) atoms. The number of hydrogen-bond acceptors (Lipinski definition) is 4. The molecular formula is C10H14Cl2N2O3. The molecule has 0 aromatic rings. The first-order chi connectivity index (χ1) is 7.91. The third-order valence-electron chi connectivity index (χ3n) is 1.90. The number of carbonyl (C=O) groups excluding carboxylic acids is 2. The van der Waals surface area contributed by atoms with Crippen molar-refractivity contribution in [1.29, 1.82) is 5.26 Å². The van der Waals surface area contributed by atoms with E-state index in [9.17, 15) is 9.59 Å². The number of rotatable bonds is 6. The smallest absolute Gasteiger partial charge is 0.346 e. The zero-order valence-electron chi connectivity index (χ0n) is 9.63. The second kappa shape index (κ2) is 7.36. The highest BCUT2D eigenvalue weighted by Crippen LogP contribution is 2.19. The minimum atomic E-state index is -1.77. The zero-order valence-corrected chi connectivity index (χ0v) is 11.1. The molecule has 0 aliphatic rings. The average Bonchev–Trinajstić information content (AvgIpc) is 2.27. The van der Waals surface area contributed by atoms with Crippen LogP contribution in [0.3, 0.4) is 0 Å². The molecule has 0 spiro atoms. The summed E-state index contributed by atoms with van der Waals surface area (Å²) >= 11 is 11.3. The highest BCUT2D eigenvalue weighted by atomic mass is 35.5. The van der Waals surface area contributed by atoms with E-state index in [0.717, 1.165) is 0 Å². The van der Waals surface area contributed by atoms with Gasteiger partial charge in [0.15, 0.2) is 0 Å². The predicted molar refractivity (Wildman–Crippen MR) is 63.8 cm³/mol. The zero-order chi connectivity index (χ0) is 13.5. The number of carbonyl (C=O) groups is 2. The molecule has 0 saturated heterocycles. The van der Waals surface area contributed by atoms with Crippen molar-refractivity contribution in [2.45, 2.75) is 31.2 Å². The van der Waals surface area contributed by atoms with Gasteiger partial charge in [0.05, 0.1) is 12.0 Å². The van der Waals surface area contributed by atoms with Crippen molar-refractivity contribution in [2.24, 2.45) is 0 Å². The number of ether oxygens (including phenoxy) is 1. The third-order valence-corrected chi connectivity index (χ3v) is 2.74. The molecule has 0 bridgehead atoms. The summed E-state index contributed by atoms with van der Waals surface area (Å²) in [4.78, 5) is 22.8. The summed E-state index contributed by atoms with van der Waals surface area (Å²) in [6.45, 7) is 2.92. The van der Waals surface area contributed by atoms with Crippen molar-refractivity contribution in [3.05, 3.63) is 0 Å². The molecular weight excluding hydrogens is 267 g/mol. The molecule has 96 valence electrons. The van der Waals surface area contributed by atoms with Crippen LogP contribution in [0.25, 0.3) is 0 Å². The van der Waals surface area contributed by atoms with Gasteiger partial charge in [-0.15, -0.1) is 23.2 Å². The fourth-order valence-corrected chi connectivity index (χ4v) is 1.59. The molecule has 0 aromatic carbocycles. The van der Waals surface area contributed by atoms with Crippen LogP contribution in [0, 0.1) is 11.3 Å². The Labute approximate surface area is 110 Å². The largest absolute Gasteiger partial charge is 0.463 e. The molecule has 0 aliphatic heterocycles. The van der Waals surface area contributed by atoms with Crippen LogP contribution in [0.1, 0.15) is 20.3 Å². The van der Waals surface area contributed by atoms with Gasteiger partial charge in [0.1, 0.15) is 6.07 Å². The summed E-state index contributed by atoms with van der Waals surface area (Å²) in [5, 5.41) is 10.8. The number of esters is 1. The lowest BCUT2D eigenvalue weighted by atomic mass is 9.95. The quantitative estimate of drug-likeness (QED) is 0.585. The Bertz CT molecular complexity index is 330. The van der Waals surface area contributed by atoms with E-state index in [2.05, 4.69) is 5.32 Å². The Morgan fingerprint density at radius 3 is 2.53 bits per heavy atom. The Morgan fingerprint density at radius 2 is 2.18 bits per heavy atom. The van der Waals surface area contributed by atoms with Crippen LogP contribution >= 0.6 is 23.2 Å². The van der Waals surface area contributed by atoms with Crippen molar-refractivity contribution >= 4 is 35.1 Å². The standard InChI is InChI=1S/C10H14Cl2N2O3/c1-3-17-9(16)10(6-13,14-7(2)15)4-8(12)5-11/h8H,3-5H2,1-2H3,(H,14,15). The topological polar surface area (TPSA) is 79.2 Å². The van der Waals surface area contributed by atoms with E-state index in [0.29, 0.717) is 0 Å². The van der Waals surface area contributed by atoms with Gasteiger partial charge in [0.25, 0.3) is 0 Å². The van der Waals surface area contributed by atoms with Crippen molar-refractivity contribution in [2.75, 3.05) is 12.5 Å². The Balaban J connectivity index is 5.08. The van der Waals surface area contributed by atoms with Crippen LogP contribution < -0.4 is 5.32 Å². The van der Waals surface area contributed by atoms with E-state index in [1.54, 1.807) is 13.0 Å². The van der Waals surface area contributed by atoms with Crippen molar-refractivity contribution in [3.63, 3.8) is 0 Å². The van der Waals surface area contributed by atoms with Gasteiger partial charge in [-0.3, -0.25) is 4.79 Å².